The summed E-state index contributed by atoms with van der Waals surface area (Å²) in [4.78, 5) is 13.9. The third-order valence-corrected chi connectivity index (χ3v) is 2.99. The summed E-state index contributed by atoms with van der Waals surface area (Å²) >= 11 is 0. The fourth-order valence-corrected chi connectivity index (χ4v) is 1.74. The van der Waals surface area contributed by atoms with Crippen LogP contribution in [0.15, 0.2) is 24.3 Å². The van der Waals surface area contributed by atoms with Crippen molar-refractivity contribution in [1.29, 1.82) is 0 Å². The Bertz CT molecular complexity index is 426. The number of carbonyl (C=O) groups excluding carboxylic acids is 1. The van der Waals surface area contributed by atoms with Crippen LogP contribution in [0.4, 0.5) is 5.69 Å². The van der Waals surface area contributed by atoms with Crippen LogP contribution in [-0.4, -0.2) is 64.9 Å². The Kier molecular flexibility index (Phi) is 8.42. The first-order chi connectivity index (χ1) is 10.2. The number of amides is 1. The summed E-state index contributed by atoms with van der Waals surface area (Å²) in [6.45, 7) is 3.51. The van der Waals surface area contributed by atoms with Gasteiger partial charge in [-0.05, 0) is 19.2 Å². The summed E-state index contributed by atoms with van der Waals surface area (Å²) < 4.78 is 10.1. The van der Waals surface area contributed by atoms with Crippen molar-refractivity contribution in [3.05, 3.63) is 24.3 Å². The fourth-order valence-electron chi connectivity index (χ4n) is 1.74. The molecule has 0 saturated carbocycles. The van der Waals surface area contributed by atoms with Gasteiger partial charge in [0.15, 0.2) is 0 Å². The lowest BCUT2D eigenvalue weighted by atomic mass is 10.3. The van der Waals surface area contributed by atoms with Crippen LogP contribution in [0, 0.1) is 0 Å². The third-order valence-electron chi connectivity index (χ3n) is 2.99. The molecule has 1 aromatic carbocycles. The summed E-state index contributed by atoms with van der Waals surface area (Å²) in [6, 6.07) is 7.30. The van der Waals surface area contributed by atoms with Crippen molar-refractivity contribution < 1.29 is 14.3 Å². The molecule has 0 bridgehead atoms. The van der Waals surface area contributed by atoms with Gasteiger partial charge in [-0.1, -0.05) is 6.07 Å². The van der Waals surface area contributed by atoms with Crippen LogP contribution >= 0.6 is 0 Å². The summed E-state index contributed by atoms with van der Waals surface area (Å²) in [5, 5.41) is 5.94. The Balaban J connectivity index is 2.19. The highest BCUT2D eigenvalue weighted by Crippen LogP contribution is 2.16. The predicted molar refractivity (Wildman–Crippen MR) is 83.9 cm³/mol. The van der Waals surface area contributed by atoms with E-state index in [4.69, 9.17) is 9.47 Å². The standard InChI is InChI=1S/C15H25N3O3/c1-18(9-10-20-2)8-7-16-12-15(19)17-13-5-4-6-14(11-13)21-3/h4-6,11,16H,7-10,12H2,1-3H3,(H,17,19). The highest BCUT2D eigenvalue weighted by atomic mass is 16.5. The minimum atomic E-state index is -0.0669. The van der Waals surface area contributed by atoms with Gasteiger partial charge in [-0.25, -0.2) is 0 Å². The van der Waals surface area contributed by atoms with Crippen molar-refractivity contribution in [2.24, 2.45) is 0 Å². The van der Waals surface area contributed by atoms with Crippen LogP contribution in [0.25, 0.3) is 0 Å². The van der Waals surface area contributed by atoms with Crippen LogP contribution in [-0.2, 0) is 9.53 Å². The van der Waals surface area contributed by atoms with Crippen LogP contribution in [0.5, 0.6) is 5.75 Å². The molecule has 6 heteroatoms. The quantitative estimate of drug-likeness (QED) is 0.625. The zero-order chi connectivity index (χ0) is 15.5. The lowest BCUT2D eigenvalue weighted by Crippen LogP contribution is -2.35. The first kappa shape index (κ1) is 17.4. The number of hydrogen-bond acceptors (Lipinski definition) is 5. The van der Waals surface area contributed by atoms with Crippen molar-refractivity contribution >= 4 is 11.6 Å². The number of hydrogen-bond donors (Lipinski definition) is 2. The molecule has 1 aromatic rings. The predicted octanol–water partition coefficient (Wildman–Crippen LogP) is 0.802. The molecule has 0 aliphatic rings. The Hall–Kier alpha value is -1.63. The van der Waals surface area contributed by atoms with Crippen LogP contribution in [0.2, 0.25) is 0 Å². The van der Waals surface area contributed by atoms with E-state index in [1.54, 1.807) is 20.3 Å². The smallest absolute Gasteiger partial charge is 0.238 e. The maximum atomic E-state index is 11.8. The van der Waals surface area contributed by atoms with Gasteiger partial charge >= 0.3 is 0 Å². The number of ether oxygens (including phenoxy) is 2. The molecule has 6 nitrogen and oxygen atoms in total. The highest BCUT2D eigenvalue weighted by Gasteiger charge is 2.03. The van der Waals surface area contributed by atoms with Crippen molar-refractivity contribution in [2.75, 3.05) is 59.4 Å². The second kappa shape index (κ2) is 10.1. The van der Waals surface area contributed by atoms with E-state index in [-0.39, 0.29) is 12.5 Å². The van der Waals surface area contributed by atoms with E-state index in [2.05, 4.69) is 15.5 Å². The van der Waals surface area contributed by atoms with Gasteiger partial charge in [-0.3, -0.25) is 4.79 Å². The number of nitrogens with one attached hydrogen (secondary N) is 2. The Labute approximate surface area is 126 Å². The normalized spacial score (nSPS) is 10.7. The van der Waals surface area contributed by atoms with Gasteiger partial charge in [-0.2, -0.15) is 0 Å². The van der Waals surface area contributed by atoms with E-state index in [1.165, 1.54) is 0 Å². The molecular formula is C15H25N3O3. The molecule has 0 radical (unpaired) electrons. The monoisotopic (exact) mass is 295 g/mol. The molecule has 0 unspecified atom stereocenters. The van der Waals surface area contributed by atoms with E-state index in [1.807, 2.05) is 25.2 Å². The van der Waals surface area contributed by atoms with Gasteiger partial charge in [-0.15, -0.1) is 0 Å². The number of carbonyl (C=O) groups is 1. The summed E-state index contributed by atoms with van der Waals surface area (Å²) in [5.74, 6) is 0.656. The Morgan fingerprint density at radius 1 is 1.29 bits per heavy atom. The zero-order valence-electron chi connectivity index (χ0n) is 13.0. The molecule has 0 heterocycles. The van der Waals surface area contributed by atoms with Crippen molar-refractivity contribution in [2.45, 2.75) is 0 Å². The molecule has 2 N–H and O–H groups in total. The second-order valence-electron chi connectivity index (χ2n) is 4.75. The molecule has 0 saturated heterocycles. The summed E-state index contributed by atoms with van der Waals surface area (Å²) in [5.41, 5.74) is 0.735. The minimum absolute atomic E-state index is 0.0669. The largest absolute Gasteiger partial charge is 0.497 e. The Morgan fingerprint density at radius 3 is 2.81 bits per heavy atom. The van der Waals surface area contributed by atoms with E-state index >= 15 is 0 Å². The molecule has 21 heavy (non-hydrogen) atoms. The van der Waals surface area contributed by atoms with Crippen LogP contribution in [0.1, 0.15) is 0 Å². The van der Waals surface area contributed by atoms with Gasteiger partial charge in [0.1, 0.15) is 5.75 Å². The fraction of sp³-hybridized carbons (Fsp3) is 0.533. The van der Waals surface area contributed by atoms with E-state index in [9.17, 15) is 4.79 Å². The van der Waals surface area contributed by atoms with E-state index in [0.29, 0.717) is 6.61 Å². The number of nitrogens with zero attached hydrogens (tertiary/aromatic N) is 1. The number of benzene rings is 1. The SMILES string of the molecule is COCCN(C)CCNCC(=O)Nc1cccc(OC)c1. The molecular weight excluding hydrogens is 270 g/mol. The topological polar surface area (TPSA) is 62.8 Å². The van der Waals surface area contributed by atoms with Crippen molar-refractivity contribution in [3.8, 4) is 5.75 Å². The highest BCUT2D eigenvalue weighted by molar-refractivity contribution is 5.92. The Morgan fingerprint density at radius 2 is 2.10 bits per heavy atom. The van der Waals surface area contributed by atoms with E-state index in [0.717, 1.165) is 31.1 Å². The molecule has 0 aromatic heterocycles. The average Bonchev–Trinajstić information content (AvgIpc) is 2.49. The number of rotatable bonds is 10. The van der Waals surface area contributed by atoms with Crippen LogP contribution in [0.3, 0.4) is 0 Å². The lowest BCUT2D eigenvalue weighted by molar-refractivity contribution is -0.115. The molecule has 0 spiro atoms. The number of anilines is 1. The first-order valence-electron chi connectivity index (χ1n) is 6.98. The lowest BCUT2D eigenvalue weighted by Gasteiger charge is -2.16. The maximum absolute atomic E-state index is 11.8. The number of methoxy groups -OCH3 is 2. The van der Waals surface area contributed by atoms with Crippen molar-refractivity contribution in [1.82, 2.24) is 10.2 Å². The molecule has 0 aliphatic carbocycles. The van der Waals surface area contributed by atoms with E-state index < -0.39 is 0 Å². The van der Waals surface area contributed by atoms with Crippen molar-refractivity contribution in [3.63, 3.8) is 0 Å². The third kappa shape index (κ3) is 7.65. The minimum Gasteiger partial charge on any atom is -0.497 e. The van der Waals surface area contributed by atoms with Gasteiger partial charge < -0.3 is 25.0 Å². The average molecular weight is 295 g/mol. The summed E-state index contributed by atoms with van der Waals surface area (Å²) in [6.07, 6.45) is 0. The molecule has 0 aliphatic heterocycles. The number of likely N-dealkylation sites (N-methyl/N-ethyl adjacent to an activating group) is 1. The summed E-state index contributed by atoms with van der Waals surface area (Å²) in [7, 11) is 5.31. The second-order valence-corrected chi connectivity index (χ2v) is 4.75. The van der Waals surface area contributed by atoms with Crippen LogP contribution < -0.4 is 15.4 Å². The first-order valence-corrected chi connectivity index (χ1v) is 6.98. The molecule has 1 rings (SSSR count). The van der Waals surface area contributed by atoms with Gasteiger partial charge in [0.05, 0.1) is 20.3 Å². The maximum Gasteiger partial charge on any atom is 0.238 e. The molecule has 0 atom stereocenters. The molecule has 0 fully saturated rings. The zero-order valence-corrected chi connectivity index (χ0v) is 13.0. The van der Waals surface area contributed by atoms with Gasteiger partial charge in [0, 0.05) is 38.5 Å². The molecule has 1 amide bonds. The molecule has 118 valence electrons. The van der Waals surface area contributed by atoms with Gasteiger partial charge in [0.25, 0.3) is 0 Å². The van der Waals surface area contributed by atoms with Gasteiger partial charge in [0.2, 0.25) is 5.91 Å².